The minimum atomic E-state index is -4.09. The van der Waals surface area contributed by atoms with Crippen LogP contribution in [0, 0.1) is 0 Å². The van der Waals surface area contributed by atoms with Crippen LogP contribution in [0.1, 0.15) is 24.3 Å². The van der Waals surface area contributed by atoms with Crippen LogP contribution in [0.25, 0.3) is 55.0 Å². The van der Waals surface area contributed by atoms with Crippen molar-refractivity contribution in [2.24, 2.45) is 0 Å². The van der Waals surface area contributed by atoms with E-state index in [9.17, 15) is 18.3 Å². The van der Waals surface area contributed by atoms with Crippen molar-refractivity contribution in [1.29, 1.82) is 0 Å². The van der Waals surface area contributed by atoms with Crippen molar-refractivity contribution in [3.05, 3.63) is 138 Å². The van der Waals surface area contributed by atoms with Gasteiger partial charge in [0.1, 0.15) is 35.4 Å². The molecule has 4 aromatic carbocycles. The van der Waals surface area contributed by atoms with Crippen molar-refractivity contribution in [2.45, 2.75) is 24.4 Å². The standard InChI is InChI=1S/C33H32N8O3.C10H8O3S/c1-20(41-32-28(31(34)36-19-37-32)29(38-41)23-15-24(42)17-35-16-23)30-27(25-8-3-4-9-26(25)33(43)44-30)22-7-5-6-21(14-22)18-40-12-10-39(2)11-13-40;11-14(12,13)10-6-5-8-3-1-2-4-9(8)7-10/h3-9,14-17,19-20,42H,10-13,18H2,1-2H3,(H2,34,36,37);1-7H,(H,11,12,13)/t20-;/m0./s1. The number of nitrogens with two attached hydrogens (primary N) is 1. The maximum absolute atomic E-state index is 13.4. The third kappa shape index (κ3) is 7.75. The Morgan fingerprint density at radius 3 is 2.34 bits per heavy atom. The first-order valence-corrected chi connectivity index (χ1v) is 20.0. The van der Waals surface area contributed by atoms with Gasteiger partial charge in [-0.3, -0.25) is 14.4 Å². The summed E-state index contributed by atoms with van der Waals surface area (Å²) in [6, 6.07) is 28.8. The molecule has 1 fully saturated rings. The van der Waals surface area contributed by atoms with Gasteiger partial charge in [0.2, 0.25) is 0 Å². The van der Waals surface area contributed by atoms with Gasteiger partial charge in [-0.25, -0.2) is 19.4 Å². The number of fused-ring (bicyclic) bond motifs is 3. The van der Waals surface area contributed by atoms with Gasteiger partial charge in [-0.2, -0.15) is 13.5 Å². The predicted molar refractivity (Wildman–Crippen MR) is 223 cm³/mol. The smallest absolute Gasteiger partial charge is 0.343 e. The minimum absolute atomic E-state index is 0.00654. The van der Waals surface area contributed by atoms with Gasteiger partial charge in [0.15, 0.2) is 5.65 Å². The molecule has 8 aromatic rings. The van der Waals surface area contributed by atoms with Crippen LogP contribution in [0.3, 0.4) is 0 Å². The lowest BCUT2D eigenvalue weighted by Crippen LogP contribution is -2.43. The quantitative estimate of drug-likeness (QED) is 0.150. The number of aromatic nitrogens is 5. The van der Waals surface area contributed by atoms with Crippen molar-refractivity contribution in [3.63, 3.8) is 0 Å². The van der Waals surface area contributed by atoms with Crippen LogP contribution in [-0.2, 0) is 16.7 Å². The number of piperazine rings is 1. The monoisotopic (exact) mass is 796 g/mol. The highest BCUT2D eigenvalue weighted by Crippen LogP contribution is 2.39. The number of anilines is 1. The number of aromatic hydroxyl groups is 1. The Morgan fingerprint density at radius 1 is 0.845 bits per heavy atom. The van der Waals surface area contributed by atoms with Gasteiger partial charge in [0.25, 0.3) is 10.1 Å². The third-order valence-corrected chi connectivity index (χ3v) is 11.2. The van der Waals surface area contributed by atoms with Crippen LogP contribution in [0.4, 0.5) is 5.82 Å². The number of hydrogen-bond donors (Lipinski definition) is 3. The van der Waals surface area contributed by atoms with Gasteiger partial charge in [0.05, 0.1) is 21.9 Å². The second-order valence-corrected chi connectivity index (χ2v) is 15.7. The van der Waals surface area contributed by atoms with Gasteiger partial charge >= 0.3 is 5.63 Å². The summed E-state index contributed by atoms with van der Waals surface area (Å²) in [5, 5.41) is 18.6. The lowest BCUT2D eigenvalue weighted by atomic mass is 9.94. The number of benzene rings is 4. The number of hydrogen-bond acceptors (Lipinski definition) is 12. The first-order chi connectivity index (χ1) is 27.9. The molecule has 1 aliphatic rings. The average Bonchev–Trinajstić information content (AvgIpc) is 3.62. The largest absolute Gasteiger partial charge is 0.506 e. The van der Waals surface area contributed by atoms with E-state index < -0.39 is 21.8 Å². The lowest BCUT2D eigenvalue weighted by Gasteiger charge is -2.32. The average molecular weight is 797 g/mol. The molecule has 58 heavy (non-hydrogen) atoms. The molecule has 15 heteroatoms. The Kier molecular flexibility index (Phi) is 10.4. The van der Waals surface area contributed by atoms with E-state index in [0.29, 0.717) is 33.4 Å². The third-order valence-electron chi connectivity index (χ3n) is 10.4. The van der Waals surface area contributed by atoms with Crippen LogP contribution in [0.5, 0.6) is 5.75 Å². The van der Waals surface area contributed by atoms with Crippen LogP contribution in [0.2, 0.25) is 0 Å². The molecule has 294 valence electrons. The van der Waals surface area contributed by atoms with Crippen LogP contribution < -0.4 is 11.4 Å². The van der Waals surface area contributed by atoms with Crippen molar-refractivity contribution in [2.75, 3.05) is 39.0 Å². The van der Waals surface area contributed by atoms with E-state index in [1.807, 2.05) is 43.3 Å². The van der Waals surface area contributed by atoms with E-state index >= 15 is 0 Å². The molecule has 14 nitrogen and oxygen atoms in total. The van der Waals surface area contributed by atoms with E-state index in [-0.39, 0.29) is 16.5 Å². The fourth-order valence-electron chi connectivity index (χ4n) is 7.36. The molecule has 9 rings (SSSR count). The molecule has 4 N–H and O–H groups in total. The zero-order valence-electron chi connectivity index (χ0n) is 31.7. The summed E-state index contributed by atoms with van der Waals surface area (Å²) in [5.41, 5.74) is 10.3. The molecule has 4 aromatic heterocycles. The number of likely N-dealkylation sites (N-methyl/N-ethyl adjacent to an activating group) is 1. The zero-order chi connectivity index (χ0) is 40.6. The molecule has 0 saturated carbocycles. The first-order valence-electron chi connectivity index (χ1n) is 18.6. The molecule has 1 atom stereocenters. The number of rotatable bonds is 7. The van der Waals surface area contributed by atoms with Crippen molar-refractivity contribution >= 4 is 48.5 Å². The van der Waals surface area contributed by atoms with E-state index in [4.69, 9.17) is 19.8 Å². The van der Waals surface area contributed by atoms with Gasteiger partial charge in [-0.15, -0.1) is 0 Å². The van der Waals surface area contributed by atoms with Crippen LogP contribution in [0.15, 0.2) is 130 Å². The number of nitrogens with zero attached hydrogens (tertiary/aromatic N) is 7. The first kappa shape index (κ1) is 38.4. The Morgan fingerprint density at radius 2 is 1.59 bits per heavy atom. The molecule has 0 radical (unpaired) electrons. The highest BCUT2D eigenvalue weighted by atomic mass is 32.2. The van der Waals surface area contributed by atoms with E-state index in [0.717, 1.165) is 60.0 Å². The second kappa shape index (κ2) is 15.8. The zero-order valence-corrected chi connectivity index (χ0v) is 32.5. The van der Waals surface area contributed by atoms with E-state index in [1.165, 1.54) is 30.2 Å². The Hall–Kier alpha value is -6.52. The Labute approximate surface area is 333 Å². The highest BCUT2D eigenvalue weighted by molar-refractivity contribution is 7.85. The normalized spacial score (nSPS) is 14.4. The van der Waals surface area contributed by atoms with E-state index in [2.05, 4.69) is 56.1 Å². The highest BCUT2D eigenvalue weighted by Gasteiger charge is 2.27. The lowest BCUT2D eigenvalue weighted by molar-refractivity contribution is 0.148. The number of nitrogen functional groups attached to an aromatic ring is 1. The molecule has 5 heterocycles. The molecule has 0 spiro atoms. The van der Waals surface area contributed by atoms with Gasteiger partial charge in [-0.05, 0) is 66.2 Å². The van der Waals surface area contributed by atoms with Crippen molar-refractivity contribution in [1.82, 2.24) is 34.5 Å². The van der Waals surface area contributed by atoms with Crippen LogP contribution >= 0.6 is 0 Å². The van der Waals surface area contributed by atoms with Gasteiger partial charge < -0.3 is 20.2 Å². The fraction of sp³-hybridized carbons (Fsp3) is 0.186. The fourth-order valence-corrected chi connectivity index (χ4v) is 7.88. The Balaban J connectivity index is 0.000000283. The second-order valence-electron chi connectivity index (χ2n) is 14.3. The maximum atomic E-state index is 13.4. The number of pyridine rings is 1. The van der Waals surface area contributed by atoms with Crippen molar-refractivity contribution in [3.8, 4) is 28.1 Å². The summed E-state index contributed by atoms with van der Waals surface area (Å²) >= 11 is 0. The topological polar surface area (TPSA) is 194 Å². The molecule has 0 bridgehead atoms. The minimum Gasteiger partial charge on any atom is -0.506 e. The SMILES string of the molecule is C[C@@H](c1oc(=O)c2ccccc2c1-c1cccc(CN2CCN(C)CC2)c1)n1nc(-c2cncc(O)c2)c2c(N)ncnc21.O=S(=O)(O)c1ccc2ccccc2c1. The van der Waals surface area contributed by atoms with Gasteiger partial charge in [-0.1, -0.05) is 66.7 Å². The molecule has 1 saturated heterocycles. The molecule has 1 aliphatic heterocycles. The summed E-state index contributed by atoms with van der Waals surface area (Å²) in [6.45, 7) is 6.87. The predicted octanol–water partition coefficient (Wildman–Crippen LogP) is 6.39. The summed E-state index contributed by atoms with van der Waals surface area (Å²) in [6.07, 6.45) is 4.32. The Bertz CT molecular complexity index is 2980. The molecular weight excluding hydrogens is 757 g/mol. The molecule has 0 amide bonds. The summed E-state index contributed by atoms with van der Waals surface area (Å²) in [4.78, 5) is 30.9. The van der Waals surface area contributed by atoms with Crippen molar-refractivity contribution < 1.29 is 22.5 Å². The van der Waals surface area contributed by atoms with E-state index in [1.54, 1.807) is 35.1 Å². The molecular formula is C43H40N8O6S. The maximum Gasteiger partial charge on any atom is 0.343 e. The summed E-state index contributed by atoms with van der Waals surface area (Å²) in [5.74, 6) is 0.684. The van der Waals surface area contributed by atoms with Gasteiger partial charge in [0, 0.05) is 55.4 Å². The molecule has 0 unspecified atom stereocenters. The summed E-state index contributed by atoms with van der Waals surface area (Å²) < 4.78 is 38.3. The van der Waals surface area contributed by atoms with Crippen LogP contribution in [-0.4, -0.2) is 85.8 Å². The summed E-state index contributed by atoms with van der Waals surface area (Å²) in [7, 11) is -1.94. The molecule has 0 aliphatic carbocycles.